The van der Waals surface area contributed by atoms with Crippen molar-refractivity contribution in [2.45, 2.75) is 0 Å². The Balaban J connectivity index is 2.08. The Kier molecular flexibility index (Phi) is 3.40. The topological polar surface area (TPSA) is 21.3 Å². The number of nitrogens with one attached hydrogen (secondary N) is 1. The second kappa shape index (κ2) is 4.14. The van der Waals surface area contributed by atoms with Crippen LogP contribution in [0.15, 0.2) is 0 Å². The van der Waals surface area contributed by atoms with Crippen LogP contribution < -0.4 is 5.32 Å². The van der Waals surface area contributed by atoms with Gasteiger partial charge in [-0.2, -0.15) is 0 Å². The van der Waals surface area contributed by atoms with Crippen LogP contribution in [0.1, 0.15) is 0 Å². The zero-order valence-electron chi connectivity index (χ0n) is 5.72. The van der Waals surface area contributed by atoms with E-state index in [2.05, 4.69) is 5.32 Å². The Hall–Kier alpha value is 0.270. The van der Waals surface area contributed by atoms with Crippen molar-refractivity contribution in [3.63, 3.8) is 0 Å². The Morgan fingerprint density at radius 1 is 1.78 bits per heavy atom. The van der Waals surface area contributed by atoms with Gasteiger partial charge in [0.1, 0.15) is 0 Å². The maximum atomic E-state index is 5.26. The monoisotopic (exact) mass is 147 g/mol. The number of rotatable bonds is 2. The molecule has 1 fully saturated rings. The van der Waals surface area contributed by atoms with Crippen LogP contribution in [0.2, 0.25) is 0 Å². The highest BCUT2D eigenvalue weighted by atomic mass is 32.2. The third-order valence-corrected chi connectivity index (χ3v) is 2.41. The van der Waals surface area contributed by atoms with Gasteiger partial charge in [-0.15, -0.1) is 11.8 Å². The highest BCUT2D eigenvalue weighted by molar-refractivity contribution is 7.99. The lowest BCUT2D eigenvalue weighted by Gasteiger charge is -2.20. The van der Waals surface area contributed by atoms with E-state index in [4.69, 9.17) is 4.74 Å². The zero-order valence-corrected chi connectivity index (χ0v) is 6.54. The number of hydrogen-bond acceptors (Lipinski definition) is 3. The molecule has 0 radical (unpaired) electrons. The van der Waals surface area contributed by atoms with Gasteiger partial charge in [-0.1, -0.05) is 0 Å². The highest BCUT2D eigenvalue weighted by Gasteiger charge is 2.11. The van der Waals surface area contributed by atoms with Crippen molar-refractivity contribution in [2.75, 3.05) is 31.9 Å². The average Bonchev–Trinajstić information content (AvgIpc) is 1.91. The van der Waals surface area contributed by atoms with Gasteiger partial charge in [0.2, 0.25) is 0 Å². The number of ether oxygens (including phenoxy) is 1. The van der Waals surface area contributed by atoms with Gasteiger partial charge in [-0.05, 0) is 7.05 Å². The Labute approximate surface area is 60.3 Å². The maximum Gasteiger partial charge on any atom is 0.0921 e. The van der Waals surface area contributed by atoms with E-state index in [-0.39, 0.29) is 0 Å². The molecule has 1 heterocycles. The van der Waals surface area contributed by atoms with Crippen LogP contribution in [0.4, 0.5) is 0 Å². The molecule has 1 saturated heterocycles. The number of thioether (sulfide) groups is 1. The van der Waals surface area contributed by atoms with Crippen LogP contribution >= 0.6 is 11.8 Å². The molecule has 0 aromatic carbocycles. The van der Waals surface area contributed by atoms with E-state index in [1.54, 1.807) is 0 Å². The van der Waals surface area contributed by atoms with Crippen LogP contribution in [0.25, 0.3) is 0 Å². The molecule has 1 aliphatic rings. The lowest BCUT2D eigenvalue weighted by molar-refractivity contribution is 0.138. The summed E-state index contributed by atoms with van der Waals surface area (Å²) in [5, 5.41) is 3.14. The van der Waals surface area contributed by atoms with Gasteiger partial charge >= 0.3 is 0 Å². The van der Waals surface area contributed by atoms with Crippen LogP contribution in [0.5, 0.6) is 0 Å². The van der Waals surface area contributed by atoms with Gasteiger partial charge in [-0.3, -0.25) is 0 Å². The second-order valence-electron chi connectivity index (χ2n) is 2.28. The van der Waals surface area contributed by atoms with Crippen molar-refractivity contribution < 1.29 is 4.74 Å². The summed E-state index contributed by atoms with van der Waals surface area (Å²) in [4.78, 5) is 0. The maximum absolute atomic E-state index is 5.26. The predicted octanol–water partition coefficient (Wildman–Crippen LogP) is 0.543. The summed E-state index contributed by atoms with van der Waals surface area (Å²) in [6.07, 6.45) is 0. The molecule has 1 aliphatic heterocycles. The normalized spacial score (nSPS) is 28.3. The zero-order chi connectivity index (χ0) is 6.53. The van der Waals surface area contributed by atoms with Crippen LogP contribution in [-0.2, 0) is 4.74 Å². The van der Waals surface area contributed by atoms with Crippen molar-refractivity contribution in [1.29, 1.82) is 0 Å². The fourth-order valence-corrected chi connectivity index (χ4v) is 1.80. The predicted molar refractivity (Wildman–Crippen MR) is 40.7 cm³/mol. The van der Waals surface area contributed by atoms with E-state index < -0.39 is 0 Å². The molecule has 3 heteroatoms. The van der Waals surface area contributed by atoms with Crippen molar-refractivity contribution in [2.24, 2.45) is 5.92 Å². The lowest BCUT2D eigenvalue weighted by atomic mass is 10.2. The minimum atomic E-state index is 0.730. The third kappa shape index (κ3) is 2.56. The molecule has 2 nitrogen and oxygen atoms in total. The van der Waals surface area contributed by atoms with Gasteiger partial charge < -0.3 is 10.1 Å². The number of hydrogen-bond donors (Lipinski definition) is 1. The van der Waals surface area contributed by atoms with E-state index in [0.717, 1.165) is 25.0 Å². The molecule has 0 saturated carbocycles. The van der Waals surface area contributed by atoms with Gasteiger partial charge in [0.15, 0.2) is 0 Å². The first-order valence-electron chi connectivity index (χ1n) is 3.23. The Morgan fingerprint density at radius 2 is 2.67 bits per heavy atom. The summed E-state index contributed by atoms with van der Waals surface area (Å²) in [7, 11) is 1.99. The average molecular weight is 147 g/mol. The van der Waals surface area contributed by atoms with Crippen LogP contribution in [0, 0.1) is 5.92 Å². The fraction of sp³-hybridized carbons (Fsp3) is 1.00. The summed E-state index contributed by atoms with van der Waals surface area (Å²) in [5.74, 6) is 2.87. The first-order valence-corrected chi connectivity index (χ1v) is 4.39. The SMILES string of the molecule is CNCC1COCSC1. The van der Waals surface area contributed by atoms with Gasteiger partial charge in [-0.25, -0.2) is 0 Å². The third-order valence-electron chi connectivity index (χ3n) is 1.37. The molecule has 0 spiro atoms. The van der Waals surface area contributed by atoms with Crippen LogP contribution in [-0.4, -0.2) is 31.9 Å². The summed E-state index contributed by atoms with van der Waals surface area (Å²) in [5.41, 5.74) is 0. The summed E-state index contributed by atoms with van der Waals surface area (Å²) < 4.78 is 5.26. The van der Waals surface area contributed by atoms with Crippen molar-refractivity contribution in [3.8, 4) is 0 Å². The van der Waals surface area contributed by atoms with Crippen molar-refractivity contribution >= 4 is 11.8 Å². The molecule has 0 amide bonds. The Bertz CT molecular complexity index is 70.7. The molecule has 0 aromatic heterocycles. The second-order valence-corrected chi connectivity index (χ2v) is 3.26. The molecule has 1 atom stereocenters. The molecule has 0 aliphatic carbocycles. The van der Waals surface area contributed by atoms with E-state index >= 15 is 0 Å². The molecular weight excluding hydrogens is 134 g/mol. The smallest absolute Gasteiger partial charge is 0.0921 e. The quantitative estimate of drug-likeness (QED) is 0.616. The van der Waals surface area contributed by atoms with Gasteiger partial charge in [0.05, 0.1) is 12.5 Å². The van der Waals surface area contributed by atoms with Crippen molar-refractivity contribution in [3.05, 3.63) is 0 Å². The van der Waals surface area contributed by atoms with Gasteiger partial charge in [0, 0.05) is 18.2 Å². The first kappa shape index (κ1) is 7.38. The molecule has 1 N–H and O–H groups in total. The van der Waals surface area contributed by atoms with E-state index in [0.29, 0.717) is 0 Å². The van der Waals surface area contributed by atoms with Gasteiger partial charge in [0.25, 0.3) is 0 Å². The molecule has 0 aromatic rings. The summed E-state index contributed by atoms with van der Waals surface area (Å²) in [6, 6.07) is 0. The molecule has 0 bridgehead atoms. The minimum absolute atomic E-state index is 0.730. The van der Waals surface area contributed by atoms with E-state index in [1.165, 1.54) is 5.75 Å². The summed E-state index contributed by atoms with van der Waals surface area (Å²) in [6.45, 7) is 2.03. The first-order chi connectivity index (χ1) is 4.43. The molecule has 9 heavy (non-hydrogen) atoms. The summed E-state index contributed by atoms with van der Waals surface area (Å²) >= 11 is 1.88. The minimum Gasteiger partial charge on any atom is -0.370 e. The lowest BCUT2D eigenvalue weighted by Crippen LogP contribution is -2.27. The van der Waals surface area contributed by atoms with E-state index in [9.17, 15) is 0 Å². The largest absolute Gasteiger partial charge is 0.370 e. The molecular formula is C6H13NOS. The molecule has 1 rings (SSSR count). The molecule has 54 valence electrons. The van der Waals surface area contributed by atoms with Crippen molar-refractivity contribution in [1.82, 2.24) is 5.32 Å². The highest BCUT2D eigenvalue weighted by Crippen LogP contribution is 2.14. The molecule has 1 unspecified atom stereocenters. The fourth-order valence-electron chi connectivity index (χ4n) is 0.943. The van der Waals surface area contributed by atoms with Crippen LogP contribution in [0.3, 0.4) is 0 Å². The Morgan fingerprint density at radius 3 is 3.22 bits per heavy atom. The van der Waals surface area contributed by atoms with E-state index in [1.807, 2.05) is 18.8 Å². The standard InChI is InChI=1S/C6H13NOS/c1-7-2-6-3-8-5-9-4-6/h6-7H,2-5H2,1H3.